The number of carboxylic acids is 1. The maximum atomic E-state index is 10.7. The van der Waals surface area contributed by atoms with E-state index in [0.717, 1.165) is 17.5 Å². The fraction of sp³-hybridized carbons (Fsp3) is 0.455. The minimum Gasteiger partial charge on any atom is -0.481 e. The van der Waals surface area contributed by atoms with Gasteiger partial charge in [-0.3, -0.25) is 9.36 Å². The molecule has 0 aliphatic heterocycles. The molecular weight excluding hydrogens is 282 g/mol. The predicted octanol–water partition coefficient (Wildman–Crippen LogP) is 0.502. The van der Waals surface area contributed by atoms with Gasteiger partial charge in [0, 0.05) is 14.2 Å². The Labute approximate surface area is 119 Å². The molecule has 2 aromatic rings. The standard InChI is InChI=1S/C11H15N5O3S/c1-15-7-12-5-8(15)10-13-14-11(20-6-9(17)18)16(10)3-4-19-2/h5,7H,3-4,6H2,1-2H3,(H,17,18). The Morgan fingerprint density at radius 3 is 2.90 bits per heavy atom. The molecule has 0 bridgehead atoms. The molecule has 2 aromatic heterocycles. The Kier molecular flexibility index (Phi) is 4.74. The Bertz CT molecular complexity index is 595. The SMILES string of the molecule is COCCn1c(SCC(=O)O)nnc1-c1cncn1C. The van der Waals surface area contributed by atoms with Crippen LogP contribution >= 0.6 is 11.8 Å². The molecule has 0 aliphatic carbocycles. The van der Waals surface area contributed by atoms with Gasteiger partial charge in [0.2, 0.25) is 0 Å². The van der Waals surface area contributed by atoms with E-state index in [2.05, 4.69) is 15.2 Å². The van der Waals surface area contributed by atoms with Crippen LogP contribution in [-0.4, -0.2) is 54.9 Å². The van der Waals surface area contributed by atoms with Gasteiger partial charge in [0.1, 0.15) is 5.69 Å². The number of carbonyl (C=O) groups is 1. The van der Waals surface area contributed by atoms with Crippen molar-refractivity contribution in [2.75, 3.05) is 19.5 Å². The molecule has 0 radical (unpaired) electrons. The molecule has 2 heterocycles. The summed E-state index contributed by atoms with van der Waals surface area (Å²) in [6.45, 7) is 1.04. The molecule has 0 aliphatic rings. The number of aliphatic carboxylic acids is 1. The average Bonchev–Trinajstić information content (AvgIpc) is 2.99. The van der Waals surface area contributed by atoms with Crippen molar-refractivity contribution < 1.29 is 14.6 Å². The highest BCUT2D eigenvalue weighted by molar-refractivity contribution is 7.99. The summed E-state index contributed by atoms with van der Waals surface area (Å²) in [5.41, 5.74) is 0.816. The third-order valence-corrected chi connectivity index (χ3v) is 3.56. The molecular formula is C11H15N5O3S. The summed E-state index contributed by atoms with van der Waals surface area (Å²) in [6.07, 6.45) is 3.37. The van der Waals surface area contributed by atoms with Crippen LogP contribution in [-0.2, 0) is 23.1 Å². The van der Waals surface area contributed by atoms with Crippen LogP contribution in [0.3, 0.4) is 0 Å². The molecule has 2 rings (SSSR count). The monoisotopic (exact) mass is 297 g/mol. The van der Waals surface area contributed by atoms with Gasteiger partial charge in [0.25, 0.3) is 0 Å². The van der Waals surface area contributed by atoms with Crippen molar-refractivity contribution in [1.29, 1.82) is 0 Å². The van der Waals surface area contributed by atoms with Crippen molar-refractivity contribution >= 4 is 17.7 Å². The number of hydrogen-bond donors (Lipinski definition) is 1. The van der Waals surface area contributed by atoms with Crippen LogP contribution in [0.25, 0.3) is 11.5 Å². The second-order valence-electron chi connectivity index (χ2n) is 4.02. The van der Waals surface area contributed by atoms with Gasteiger partial charge in [0.15, 0.2) is 11.0 Å². The van der Waals surface area contributed by atoms with Gasteiger partial charge >= 0.3 is 5.97 Å². The van der Waals surface area contributed by atoms with Gasteiger partial charge in [-0.1, -0.05) is 11.8 Å². The Hall–Kier alpha value is -1.87. The van der Waals surface area contributed by atoms with Gasteiger partial charge in [-0.25, -0.2) is 4.98 Å². The first-order valence-electron chi connectivity index (χ1n) is 5.87. The molecule has 9 heteroatoms. The number of rotatable bonds is 7. The quantitative estimate of drug-likeness (QED) is 0.743. The third kappa shape index (κ3) is 3.17. The first-order valence-corrected chi connectivity index (χ1v) is 6.85. The highest BCUT2D eigenvalue weighted by Gasteiger charge is 2.17. The van der Waals surface area contributed by atoms with Gasteiger partial charge in [-0.15, -0.1) is 10.2 Å². The summed E-state index contributed by atoms with van der Waals surface area (Å²) in [5, 5.41) is 17.5. The number of nitrogens with zero attached hydrogens (tertiary/aromatic N) is 5. The Morgan fingerprint density at radius 1 is 1.50 bits per heavy atom. The lowest BCUT2D eigenvalue weighted by atomic mass is 10.4. The lowest BCUT2D eigenvalue weighted by Gasteiger charge is -2.09. The van der Waals surface area contributed by atoms with E-state index in [1.165, 1.54) is 0 Å². The summed E-state index contributed by atoms with van der Waals surface area (Å²) in [7, 11) is 3.47. The molecule has 0 unspecified atom stereocenters. The first kappa shape index (κ1) is 14.5. The van der Waals surface area contributed by atoms with E-state index in [0.29, 0.717) is 24.1 Å². The normalized spacial score (nSPS) is 10.9. The summed E-state index contributed by atoms with van der Waals surface area (Å²) in [4.78, 5) is 14.7. The number of aromatic nitrogens is 5. The molecule has 0 saturated heterocycles. The number of aryl methyl sites for hydroxylation is 1. The molecule has 0 atom stereocenters. The summed E-state index contributed by atoms with van der Waals surface area (Å²) < 4.78 is 8.75. The van der Waals surface area contributed by atoms with Gasteiger partial charge < -0.3 is 14.4 Å². The molecule has 0 fully saturated rings. The van der Waals surface area contributed by atoms with Crippen LogP contribution in [0, 0.1) is 0 Å². The van der Waals surface area contributed by atoms with E-state index in [1.54, 1.807) is 19.6 Å². The van der Waals surface area contributed by atoms with Gasteiger partial charge in [-0.2, -0.15) is 0 Å². The average molecular weight is 297 g/mol. The zero-order valence-corrected chi connectivity index (χ0v) is 12.0. The zero-order valence-electron chi connectivity index (χ0n) is 11.2. The minimum atomic E-state index is -0.890. The first-order chi connectivity index (χ1) is 9.63. The van der Waals surface area contributed by atoms with Crippen LogP contribution in [0.4, 0.5) is 0 Å². The Morgan fingerprint density at radius 2 is 2.30 bits per heavy atom. The van der Waals surface area contributed by atoms with Crippen LogP contribution in [0.5, 0.6) is 0 Å². The summed E-state index contributed by atoms with van der Waals surface area (Å²) in [5.74, 6) is -0.301. The fourth-order valence-electron chi connectivity index (χ4n) is 1.67. The van der Waals surface area contributed by atoms with E-state index >= 15 is 0 Å². The van der Waals surface area contributed by atoms with Crippen molar-refractivity contribution in [3.63, 3.8) is 0 Å². The number of imidazole rings is 1. The van der Waals surface area contributed by atoms with Crippen LogP contribution in [0.1, 0.15) is 0 Å². The highest BCUT2D eigenvalue weighted by atomic mass is 32.2. The number of hydrogen-bond acceptors (Lipinski definition) is 6. The van der Waals surface area contributed by atoms with E-state index in [-0.39, 0.29) is 5.75 Å². The summed E-state index contributed by atoms with van der Waals surface area (Å²) >= 11 is 1.13. The number of carboxylic acid groups (broad SMARTS) is 1. The molecule has 8 nitrogen and oxygen atoms in total. The van der Waals surface area contributed by atoms with E-state index < -0.39 is 5.97 Å². The molecule has 108 valence electrons. The maximum absolute atomic E-state index is 10.7. The maximum Gasteiger partial charge on any atom is 0.313 e. The lowest BCUT2D eigenvalue weighted by molar-refractivity contribution is -0.133. The predicted molar refractivity (Wildman–Crippen MR) is 72.5 cm³/mol. The van der Waals surface area contributed by atoms with Crippen LogP contribution in [0.15, 0.2) is 17.7 Å². The van der Waals surface area contributed by atoms with E-state index in [4.69, 9.17) is 9.84 Å². The molecule has 0 spiro atoms. The zero-order chi connectivity index (χ0) is 14.5. The van der Waals surface area contributed by atoms with Crippen molar-refractivity contribution in [1.82, 2.24) is 24.3 Å². The minimum absolute atomic E-state index is 0.0590. The largest absolute Gasteiger partial charge is 0.481 e. The molecule has 0 amide bonds. The van der Waals surface area contributed by atoms with E-state index in [1.807, 2.05) is 16.2 Å². The number of ether oxygens (including phenoxy) is 1. The van der Waals surface area contributed by atoms with E-state index in [9.17, 15) is 4.79 Å². The number of methoxy groups -OCH3 is 1. The van der Waals surface area contributed by atoms with Crippen molar-refractivity contribution in [2.45, 2.75) is 11.7 Å². The second kappa shape index (κ2) is 6.53. The Balaban J connectivity index is 2.31. The van der Waals surface area contributed by atoms with Crippen molar-refractivity contribution in [3.05, 3.63) is 12.5 Å². The fourth-order valence-corrected chi connectivity index (χ4v) is 2.35. The van der Waals surface area contributed by atoms with Gasteiger partial charge in [0.05, 0.1) is 31.4 Å². The molecule has 0 saturated carbocycles. The molecule has 20 heavy (non-hydrogen) atoms. The second-order valence-corrected chi connectivity index (χ2v) is 4.97. The number of thioether (sulfide) groups is 1. The smallest absolute Gasteiger partial charge is 0.313 e. The molecule has 1 N–H and O–H groups in total. The molecule has 0 aromatic carbocycles. The van der Waals surface area contributed by atoms with Crippen molar-refractivity contribution in [2.24, 2.45) is 7.05 Å². The van der Waals surface area contributed by atoms with Crippen molar-refractivity contribution in [3.8, 4) is 11.5 Å². The van der Waals surface area contributed by atoms with Gasteiger partial charge in [-0.05, 0) is 0 Å². The summed E-state index contributed by atoms with van der Waals surface area (Å²) in [6, 6.07) is 0. The highest BCUT2D eigenvalue weighted by Crippen LogP contribution is 2.23. The third-order valence-electron chi connectivity index (χ3n) is 2.61. The lowest BCUT2D eigenvalue weighted by Crippen LogP contribution is -2.09. The topological polar surface area (TPSA) is 95.1 Å². The van der Waals surface area contributed by atoms with Crippen LogP contribution < -0.4 is 0 Å². The van der Waals surface area contributed by atoms with Crippen LogP contribution in [0.2, 0.25) is 0 Å².